The molecular formula is C24H25FN4O3. The number of anilines is 1. The number of nitrogens with one attached hydrogen (secondary N) is 3. The Labute approximate surface area is 185 Å². The molecule has 0 aromatic heterocycles. The summed E-state index contributed by atoms with van der Waals surface area (Å²) in [5.41, 5.74) is 1.75. The smallest absolute Gasteiger partial charge is 0.256 e. The predicted molar refractivity (Wildman–Crippen MR) is 117 cm³/mol. The van der Waals surface area contributed by atoms with Gasteiger partial charge in [-0.05, 0) is 56.0 Å². The normalized spacial score (nSPS) is 24.9. The van der Waals surface area contributed by atoms with Crippen LogP contribution in [0.5, 0.6) is 0 Å². The molecule has 2 aromatic carbocycles. The van der Waals surface area contributed by atoms with Gasteiger partial charge in [0, 0.05) is 18.2 Å². The fraction of sp³-hybridized carbons (Fsp3) is 0.375. The van der Waals surface area contributed by atoms with E-state index < -0.39 is 6.04 Å². The number of carbonyl (C=O) groups is 3. The van der Waals surface area contributed by atoms with Crippen molar-refractivity contribution in [1.29, 1.82) is 0 Å². The fourth-order valence-corrected chi connectivity index (χ4v) is 4.86. The Kier molecular flexibility index (Phi) is 5.38. The molecule has 5 rings (SSSR count). The van der Waals surface area contributed by atoms with Crippen molar-refractivity contribution in [3.05, 3.63) is 53.8 Å². The maximum Gasteiger partial charge on any atom is 0.256 e. The van der Waals surface area contributed by atoms with E-state index in [1.807, 2.05) is 0 Å². The van der Waals surface area contributed by atoms with Gasteiger partial charge in [0.1, 0.15) is 11.9 Å². The lowest BCUT2D eigenvalue weighted by Gasteiger charge is -2.37. The molecule has 2 aromatic rings. The van der Waals surface area contributed by atoms with Crippen LogP contribution >= 0.6 is 0 Å². The SMILES string of the molecule is O=C(N[C@H]1CCN2C(=O)c3cc(-c4ccccc4F)ccc3NC(=O)[C@@H]2C1)[C@H]1CCCN1. The van der Waals surface area contributed by atoms with Crippen LogP contribution in [-0.4, -0.2) is 53.8 Å². The minimum absolute atomic E-state index is 0.0425. The van der Waals surface area contributed by atoms with Crippen LogP contribution in [0.2, 0.25) is 0 Å². The molecule has 0 aliphatic carbocycles. The number of hydrogen-bond donors (Lipinski definition) is 3. The summed E-state index contributed by atoms with van der Waals surface area (Å²) >= 11 is 0. The van der Waals surface area contributed by atoms with Gasteiger partial charge < -0.3 is 20.9 Å². The minimum atomic E-state index is -0.664. The van der Waals surface area contributed by atoms with E-state index in [1.165, 1.54) is 6.07 Å². The summed E-state index contributed by atoms with van der Waals surface area (Å²) in [6.45, 7) is 1.20. The number of amides is 3. The summed E-state index contributed by atoms with van der Waals surface area (Å²) in [4.78, 5) is 40.4. The number of carbonyl (C=O) groups excluding carboxylic acids is 3. The Morgan fingerprint density at radius 3 is 2.72 bits per heavy atom. The monoisotopic (exact) mass is 436 g/mol. The Balaban J connectivity index is 1.37. The summed E-state index contributed by atoms with van der Waals surface area (Å²) in [5.74, 6) is -0.944. The van der Waals surface area contributed by atoms with Gasteiger partial charge in [-0.15, -0.1) is 0 Å². The van der Waals surface area contributed by atoms with Gasteiger partial charge in [-0.3, -0.25) is 14.4 Å². The first-order valence-corrected chi connectivity index (χ1v) is 11.1. The second-order valence-corrected chi connectivity index (χ2v) is 8.62. The summed E-state index contributed by atoms with van der Waals surface area (Å²) in [5, 5.41) is 9.08. The average molecular weight is 436 g/mol. The largest absolute Gasteiger partial charge is 0.352 e. The van der Waals surface area contributed by atoms with E-state index in [-0.39, 0.29) is 35.6 Å². The van der Waals surface area contributed by atoms with E-state index in [0.29, 0.717) is 41.8 Å². The number of piperidine rings is 1. The van der Waals surface area contributed by atoms with Crippen molar-refractivity contribution in [1.82, 2.24) is 15.5 Å². The number of benzene rings is 2. The molecule has 7 nitrogen and oxygen atoms in total. The van der Waals surface area contributed by atoms with Crippen LogP contribution in [0.4, 0.5) is 10.1 Å². The van der Waals surface area contributed by atoms with Crippen LogP contribution in [0.3, 0.4) is 0 Å². The summed E-state index contributed by atoms with van der Waals surface area (Å²) in [6, 6.07) is 10.4. The van der Waals surface area contributed by atoms with Gasteiger partial charge in [-0.1, -0.05) is 24.3 Å². The van der Waals surface area contributed by atoms with Gasteiger partial charge in [-0.25, -0.2) is 4.39 Å². The molecule has 0 radical (unpaired) electrons. The zero-order chi connectivity index (χ0) is 22.2. The van der Waals surface area contributed by atoms with E-state index in [1.54, 1.807) is 41.3 Å². The number of hydrogen-bond acceptors (Lipinski definition) is 4. The highest BCUT2D eigenvalue weighted by molar-refractivity contribution is 6.10. The van der Waals surface area contributed by atoms with Crippen molar-refractivity contribution in [2.75, 3.05) is 18.4 Å². The van der Waals surface area contributed by atoms with Gasteiger partial charge >= 0.3 is 0 Å². The average Bonchev–Trinajstić information content (AvgIpc) is 3.31. The Morgan fingerprint density at radius 1 is 1.09 bits per heavy atom. The molecule has 32 heavy (non-hydrogen) atoms. The molecule has 0 bridgehead atoms. The van der Waals surface area contributed by atoms with Gasteiger partial charge in [0.25, 0.3) is 5.91 Å². The molecule has 3 N–H and O–H groups in total. The van der Waals surface area contributed by atoms with Crippen LogP contribution in [0, 0.1) is 5.82 Å². The van der Waals surface area contributed by atoms with E-state index in [9.17, 15) is 18.8 Å². The Hall–Kier alpha value is -3.26. The topological polar surface area (TPSA) is 90.5 Å². The Morgan fingerprint density at radius 2 is 1.94 bits per heavy atom. The lowest BCUT2D eigenvalue weighted by atomic mass is 9.95. The molecule has 0 saturated carbocycles. The third-order valence-electron chi connectivity index (χ3n) is 6.58. The van der Waals surface area contributed by atoms with Gasteiger partial charge in [0.15, 0.2) is 0 Å². The predicted octanol–water partition coefficient (Wildman–Crippen LogP) is 2.29. The van der Waals surface area contributed by atoms with Crippen molar-refractivity contribution >= 4 is 23.4 Å². The summed E-state index contributed by atoms with van der Waals surface area (Å²) in [7, 11) is 0. The maximum atomic E-state index is 14.3. The minimum Gasteiger partial charge on any atom is -0.352 e. The molecule has 0 spiro atoms. The number of fused-ring (bicyclic) bond motifs is 2. The first-order chi connectivity index (χ1) is 15.5. The zero-order valence-electron chi connectivity index (χ0n) is 17.6. The molecule has 2 fully saturated rings. The standard InChI is InChI=1S/C24H25FN4O3/c25-18-5-2-1-4-16(18)14-7-8-19-17(12-14)24(32)29-11-9-15(13-21(29)23(31)28-19)27-22(30)20-6-3-10-26-20/h1-2,4-5,7-8,12,15,20-21,26H,3,6,9-11,13H2,(H,27,30)(H,28,31)/t15-,20+,21-/m0/s1. The third kappa shape index (κ3) is 3.75. The third-order valence-corrected chi connectivity index (χ3v) is 6.58. The molecular weight excluding hydrogens is 411 g/mol. The number of rotatable bonds is 3. The van der Waals surface area contributed by atoms with E-state index >= 15 is 0 Å². The van der Waals surface area contributed by atoms with Crippen LogP contribution in [0.1, 0.15) is 36.0 Å². The highest BCUT2D eigenvalue weighted by Gasteiger charge is 2.40. The van der Waals surface area contributed by atoms with E-state index in [2.05, 4.69) is 16.0 Å². The molecule has 3 amide bonds. The number of nitrogens with zero attached hydrogens (tertiary/aromatic N) is 1. The fourth-order valence-electron chi connectivity index (χ4n) is 4.86. The van der Waals surface area contributed by atoms with Crippen molar-refractivity contribution in [3.63, 3.8) is 0 Å². The molecule has 3 aliphatic rings. The highest BCUT2D eigenvalue weighted by Crippen LogP contribution is 2.32. The van der Waals surface area contributed by atoms with Crippen molar-refractivity contribution in [2.45, 2.75) is 43.8 Å². The van der Waals surface area contributed by atoms with Crippen LogP contribution in [0.15, 0.2) is 42.5 Å². The molecule has 2 saturated heterocycles. The maximum absolute atomic E-state index is 14.3. The molecule has 3 aliphatic heterocycles. The Bertz CT molecular complexity index is 1080. The van der Waals surface area contributed by atoms with Gasteiger partial charge in [0.05, 0.1) is 17.3 Å². The van der Waals surface area contributed by atoms with E-state index in [4.69, 9.17) is 0 Å². The second-order valence-electron chi connectivity index (χ2n) is 8.62. The lowest BCUT2D eigenvalue weighted by molar-refractivity contribution is -0.126. The first kappa shape index (κ1) is 20.6. The van der Waals surface area contributed by atoms with E-state index in [0.717, 1.165) is 19.4 Å². The van der Waals surface area contributed by atoms with Crippen LogP contribution < -0.4 is 16.0 Å². The summed E-state index contributed by atoms with van der Waals surface area (Å²) < 4.78 is 14.3. The first-order valence-electron chi connectivity index (χ1n) is 11.1. The quantitative estimate of drug-likeness (QED) is 0.689. The molecule has 0 unspecified atom stereocenters. The highest BCUT2D eigenvalue weighted by atomic mass is 19.1. The number of halogens is 1. The van der Waals surface area contributed by atoms with Gasteiger partial charge in [0.2, 0.25) is 11.8 Å². The lowest BCUT2D eigenvalue weighted by Crippen LogP contribution is -2.56. The molecule has 166 valence electrons. The van der Waals surface area contributed by atoms with Crippen molar-refractivity contribution in [2.24, 2.45) is 0 Å². The van der Waals surface area contributed by atoms with Crippen molar-refractivity contribution in [3.8, 4) is 11.1 Å². The zero-order valence-corrected chi connectivity index (χ0v) is 17.6. The summed E-state index contributed by atoms with van der Waals surface area (Å²) in [6.07, 6.45) is 2.73. The molecule has 3 atom stereocenters. The molecule has 3 heterocycles. The second kappa shape index (κ2) is 8.35. The van der Waals surface area contributed by atoms with Gasteiger partial charge in [-0.2, -0.15) is 0 Å². The van der Waals surface area contributed by atoms with Crippen LogP contribution in [0.25, 0.3) is 11.1 Å². The van der Waals surface area contributed by atoms with Crippen LogP contribution in [-0.2, 0) is 9.59 Å². The molecule has 8 heteroatoms. The van der Waals surface area contributed by atoms with Crippen molar-refractivity contribution < 1.29 is 18.8 Å².